The Morgan fingerprint density at radius 2 is 2.38 bits per heavy atom. The number of amides is 1. The van der Waals surface area contributed by atoms with Crippen LogP contribution in [0.3, 0.4) is 0 Å². The largest absolute Gasteiger partial charge is 0.346 e. The van der Waals surface area contributed by atoms with Gasteiger partial charge in [-0.2, -0.15) is 0 Å². The van der Waals surface area contributed by atoms with Gasteiger partial charge in [0.1, 0.15) is 0 Å². The van der Waals surface area contributed by atoms with Gasteiger partial charge in [-0.25, -0.2) is 0 Å². The zero-order valence-corrected chi connectivity index (χ0v) is 8.62. The monoisotopic (exact) mass is 184 g/mol. The SMILES string of the molecule is CCC(CN)C1CCCN(C)C1=O. The summed E-state index contributed by atoms with van der Waals surface area (Å²) in [7, 11) is 1.89. The Morgan fingerprint density at radius 3 is 2.92 bits per heavy atom. The summed E-state index contributed by atoms with van der Waals surface area (Å²) in [6.07, 6.45) is 3.17. The standard InChI is InChI=1S/C10H20N2O/c1-3-8(7-11)9-5-4-6-12(2)10(9)13/h8-9H,3-7,11H2,1-2H3. The van der Waals surface area contributed by atoms with Crippen molar-refractivity contribution in [2.75, 3.05) is 20.1 Å². The van der Waals surface area contributed by atoms with E-state index in [0.29, 0.717) is 18.4 Å². The van der Waals surface area contributed by atoms with E-state index >= 15 is 0 Å². The summed E-state index contributed by atoms with van der Waals surface area (Å²) in [5, 5.41) is 0. The lowest BCUT2D eigenvalue weighted by Crippen LogP contribution is -2.43. The van der Waals surface area contributed by atoms with Gasteiger partial charge in [0.25, 0.3) is 0 Å². The Kier molecular flexibility index (Phi) is 3.72. The van der Waals surface area contributed by atoms with E-state index in [2.05, 4.69) is 6.92 Å². The maximum atomic E-state index is 11.8. The van der Waals surface area contributed by atoms with E-state index in [1.54, 1.807) is 0 Å². The fourth-order valence-corrected chi connectivity index (χ4v) is 2.12. The first kappa shape index (κ1) is 10.5. The molecule has 0 aromatic heterocycles. The molecular formula is C10H20N2O. The summed E-state index contributed by atoms with van der Waals surface area (Å²) in [5.41, 5.74) is 5.65. The van der Waals surface area contributed by atoms with E-state index in [4.69, 9.17) is 5.73 Å². The number of hydrogen-bond donors (Lipinski definition) is 1. The fourth-order valence-electron chi connectivity index (χ4n) is 2.12. The smallest absolute Gasteiger partial charge is 0.225 e. The highest BCUT2D eigenvalue weighted by Crippen LogP contribution is 2.25. The second-order valence-corrected chi connectivity index (χ2v) is 3.91. The van der Waals surface area contributed by atoms with E-state index in [0.717, 1.165) is 25.8 Å². The summed E-state index contributed by atoms with van der Waals surface area (Å²) >= 11 is 0. The van der Waals surface area contributed by atoms with Crippen LogP contribution in [0.5, 0.6) is 0 Å². The maximum Gasteiger partial charge on any atom is 0.225 e. The van der Waals surface area contributed by atoms with Crippen molar-refractivity contribution < 1.29 is 4.79 Å². The second-order valence-electron chi connectivity index (χ2n) is 3.91. The third-order valence-electron chi connectivity index (χ3n) is 3.10. The third kappa shape index (κ3) is 2.21. The minimum atomic E-state index is 0.189. The highest BCUT2D eigenvalue weighted by atomic mass is 16.2. The topological polar surface area (TPSA) is 46.3 Å². The number of piperidine rings is 1. The molecule has 0 spiro atoms. The number of hydrogen-bond acceptors (Lipinski definition) is 2. The Bertz CT molecular complexity index is 178. The number of nitrogens with zero attached hydrogens (tertiary/aromatic N) is 1. The molecular weight excluding hydrogens is 164 g/mol. The van der Waals surface area contributed by atoms with Crippen molar-refractivity contribution in [1.82, 2.24) is 4.90 Å². The van der Waals surface area contributed by atoms with E-state index < -0.39 is 0 Å². The molecule has 0 aromatic rings. The number of carbonyl (C=O) groups is 1. The van der Waals surface area contributed by atoms with Crippen LogP contribution in [0.2, 0.25) is 0 Å². The second kappa shape index (κ2) is 4.61. The van der Waals surface area contributed by atoms with Gasteiger partial charge in [0.15, 0.2) is 0 Å². The predicted molar refractivity (Wildman–Crippen MR) is 53.2 cm³/mol. The van der Waals surface area contributed by atoms with Gasteiger partial charge in [-0.1, -0.05) is 13.3 Å². The molecule has 3 heteroatoms. The van der Waals surface area contributed by atoms with Gasteiger partial charge in [-0.15, -0.1) is 0 Å². The molecule has 13 heavy (non-hydrogen) atoms. The van der Waals surface area contributed by atoms with Crippen LogP contribution in [-0.4, -0.2) is 30.9 Å². The molecule has 0 aliphatic carbocycles. The summed E-state index contributed by atoms with van der Waals surface area (Å²) < 4.78 is 0. The average Bonchev–Trinajstić information content (AvgIpc) is 2.14. The van der Waals surface area contributed by atoms with Crippen LogP contribution in [0.1, 0.15) is 26.2 Å². The first-order chi connectivity index (χ1) is 6.20. The maximum absolute atomic E-state index is 11.8. The lowest BCUT2D eigenvalue weighted by Gasteiger charge is -2.33. The Morgan fingerprint density at radius 1 is 1.69 bits per heavy atom. The van der Waals surface area contributed by atoms with E-state index in [1.807, 2.05) is 11.9 Å². The molecule has 2 unspecified atom stereocenters. The van der Waals surface area contributed by atoms with Gasteiger partial charge < -0.3 is 10.6 Å². The van der Waals surface area contributed by atoms with Gasteiger partial charge >= 0.3 is 0 Å². The van der Waals surface area contributed by atoms with Crippen molar-refractivity contribution in [3.8, 4) is 0 Å². The van der Waals surface area contributed by atoms with Crippen molar-refractivity contribution >= 4 is 5.91 Å². The first-order valence-corrected chi connectivity index (χ1v) is 5.15. The highest BCUT2D eigenvalue weighted by Gasteiger charge is 2.31. The quantitative estimate of drug-likeness (QED) is 0.706. The van der Waals surface area contributed by atoms with Gasteiger partial charge in [0.05, 0.1) is 0 Å². The average molecular weight is 184 g/mol. The van der Waals surface area contributed by atoms with Gasteiger partial charge in [-0.3, -0.25) is 4.79 Å². The zero-order chi connectivity index (χ0) is 9.84. The van der Waals surface area contributed by atoms with Crippen LogP contribution in [-0.2, 0) is 4.79 Å². The Balaban J connectivity index is 2.61. The van der Waals surface area contributed by atoms with Crippen LogP contribution in [0.25, 0.3) is 0 Å². The Labute approximate surface area is 80.3 Å². The molecule has 0 radical (unpaired) electrons. The van der Waals surface area contributed by atoms with Gasteiger partial charge in [0, 0.05) is 19.5 Å². The number of nitrogens with two attached hydrogens (primary N) is 1. The van der Waals surface area contributed by atoms with Gasteiger partial charge in [0.2, 0.25) is 5.91 Å². The lowest BCUT2D eigenvalue weighted by atomic mass is 9.83. The van der Waals surface area contributed by atoms with Crippen molar-refractivity contribution in [1.29, 1.82) is 0 Å². The summed E-state index contributed by atoms with van der Waals surface area (Å²) in [6, 6.07) is 0. The zero-order valence-electron chi connectivity index (χ0n) is 8.62. The lowest BCUT2D eigenvalue weighted by molar-refractivity contribution is -0.138. The normalized spacial score (nSPS) is 26.2. The predicted octanol–water partition coefficient (Wildman–Crippen LogP) is 0.840. The molecule has 76 valence electrons. The number of likely N-dealkylation sites (tertiary alicyclic amines) is 1. The van der Waals surface area contributed by atoms with E-state index in [-0.39, 0.29) is 5.92 Å². The minimum Gasteiger partial charge on any atom is -0.346 e. The van der Waals surface area contributed by atoms with Crippen LogP contribution < -0.4 is 5.73 Å². The molecule has 0 saturated carbocycles. The fraction of sp³-hybridized carbons (Fsp3) is 0.900. The van der Waals surface area contributed by atoms with Gasteiger partial charge in [-0.05, 0) is 25.3 Å². The van der Waals surface area contributed by atoms with Crippen molar-refractivity contribution in [3.63, 3.8) is 0 Å². The van der Waals surface area contributed by atoms with Crippen LogP contribution in [0.4, 0.5) is 0 Å². The van der Waals surface area contributed by atoms with Crippen LogP contribution in [0.15, 0.2) is 0 Å². The molecule has 1 saturated heterocycles. The number of rotatable bonds is 3. The molecule has 1 fully saturated rings. The molecule has 1 aliphatic heterocycles. The van der Waals surface area contributed by atoms with Crippen LogP contribution >= 0.6 is 0 Å². The molecule has 1 amide bonds. The van der Waals surface area contributed by atoms with Crippen LogP contribution in [0, 0.1) is 11.8 Å². The molecule has 0 bridgehead atoms. The molecule has 2 atom stereocenters. The van der Waals surface area contributed by atoms with Crippen molar-refractivity contribution in [3.05, 3.63) is 0 Å². The highest BCUT2D eigenvalue weighted by molar-refractivity contribution is 5.79. The first-order valence-electron chi connectivity index (χ1n) is 5.15. The third-order valence-corrected chi connectivity index (χ3v) is 3.10. The van der Waals surface area contributed by atoms with Crippen molar-refractivity contribution in [2.24, 2.45) is 17.6 Å². The number of carbonyl (C=O) groups excluding carboxylic acids is 1. The van der Waals surface area contributed by atoms with E-state index in [1.165, 1.54) is 0 Å². The van der Waals surface area contributed by atoms with E-state index in [9.17, 15) is 4.79 Å². The minimum absolute atomic E-state index is 0.189. The molecule has 3 nitrogen and oxygen atoms in total. The summed E-state index contributed by atoms with van der Waals surface area (Å²) in [6.45, 7) is 3.66. The molecule has 0 aromatic carbocycles. The molecule has 1 heterocycles. The molecule has 1 aliphatic rings. The summed E-state index contributed by atoms with van der Waals surface area (Å²) in [5.74, 6) is 0.868. The van der Waals surface area contributed by atoms with Crippen molar-refractivity contribution in [2.45, 2.75) is 26.2 Å². The molecule has 1 rings (SSSR count). The molecule has 2 N–H and O–H groups in total. The summed E-state index contributed by atoms with van der Waals surface area (Å²) in [4.78, 5) is 13.6. The Hall–Kier alpha value is -0.570.